The Balaban J connectivity index is 1.68. The van der Waals surface area contributed by atoms with Crippen LogP contribution in [0.5, 0.6) is 0 Å². The largest absolute Gasteiger partial charge is 0.313 e. The van der Waals surface area contributed by atoms with Crippen molar-refractivity contribution in [3.05, 3.63) is 18.0 Å². The molecule has 17 heavy (non-hydrogen) atoms. The molecule has 2 rings (SSSR count). The molecule has 4 heteroatoms. The zero-order valence-electron chi connectivity index (χ0n) is 11.0. The zero-order chi connectivity index (χ0) is 12.1. The van der Waals surface area contributed by atoms with Crippen LogP contribution in [-0.4, -0.2) is 47.4 Å². The van der Waals surface area contributed by atoms with Gasteiger partial charge < -0.3 is 10.2 Å². The standard InChI is InChI=1S/C13H24N4/c1-12-9-15-17(10-12)8-7-16(2)11-13-5-3-4-6-14-13/h9-10,13-14H,3-8,11H2,1-2H3. The molecule has 1 atom stereocenters. The molecule has 4 nitrogen and oxygen atoms in total. The highest BCUT2D eigenvalue weighted by atomic mass is 15.3. The summed E-state index contributed by atoms with van der Waals surface area (Å²) < 4.78 is 2.03. The van der Waals surface area contributed by atoms with Gasteiger partial charge in [0.2, 0.25) is 0 Å². The molecule has 1 aliphatic rings. The Morgan fingerprint density at radius 2 is 2.41 bits per heavy atom. The Morgan fingerprint density at radius 1 is 1.53 bits per heavy atom. The van der Waals surface area contributed by atoms with Crippen LogP contribution in [0.15, 0.2) is 12.4 Å². The molecular weight excluding hydrogens is 212 g/mol. The fourth-order valence-corrected chi connectivity index (χ4v) is 2.41. The second kappa shape index (κ2) is 6.17. The maximum atomic E-state index is 4.31. The summed E-state index contributed by atoms with van der Waals surface area (Å²) in [5, 5.41) is 7.90. The van der Waals surface area contributed by atoms with Gasteiger partial charge in [0.05, 0.1) is 12.7 Å². The van der Waals surface area contributed by atoms with Gasteiger partial charge in [-0.1, -0.05) is 6.42 Å². The van der Waals surface area contributed by atoms with Crippen molar-refractivity contribution >= 4 is 0 Å². The van der Waals surface area contributed by atoms with Crippen LogP contribution >= 0.6 is 0 Å². The van der Waals surface area contributed by atoms with Crippen molar-refractivity contribution in [3.63, 3.8) is 0 Å². The highest BCUT2D eigenvalue weighted by Gasteiger charge is 2.14. The predicted molar refractivity (Wildman–Crippen MR) is 70.1 cm³/mol. The minimum atomic E-state index is 0.688. The Hall–Kier alpha value is -0.870. The number of likely N-dealkylation sites (N-methyl/N-ethyl adjacent to an activating group) is 1. The van der Waals surface area contributed by atoms with E-state index in [1.54, 1.807) is 0 Å². The summed E-state index contributed by atoms with van der Waals surface area (Å²) >= 11 is 0. The average Bonchev–Trinajstić information content (AvgIpc) is 2.74. The fraction of sp³-hybridized carbons (Fsp3) is 0.769. The molecule has 0 saturated carbocycles. The summed E-state index contributed by atoms with van der Waals surface area (Å²) in [4.78, 5) is 2.40. The number of hydrogen-bond acceptors (Lipinski definition) is 3. The molecular formula is C13H24N4. The highest BCUT2D eigenvalue weighted by molar-refractivity contribution is 4.99. The second-order valence-corrected chi connectivity index (χ2v) is 5.19. The van der Waals surface area contributed by atoms with Gasteiger partial charge in [-0.3, -0.25) is 4.68 Å². The van der Waals surface area contributed by atoms with E-state index in [9.17, 15) is 0 Å². The van der Waals surface area contributed by atoms with Crippen LogP contribution in [0.3, 0.4) is 0 Å². The van der Waals surface area contributed by atoms with E-state index in [1.807, 2.05) is 10.9 Å². The number of nitrogens with one attached hydrogen (secondary N) is 1. The topological polar surface area (TPSA) is 33.1 Å². The van der Waals surface area contributed by atoms with Crippen LogP contribution in [0.4, 0.5) is 0 Å². The molecule has 1 saturated heterocycles. The summed E-state index contributed by atoms with van der Waals surface area (Å²) in [6, 6.07) is 0.688. The normalized spacial score (nSPS) is 21.0. The monoisotopic (exact) mass is 236 g/mol. The van der Waals surface area contributed by atoms with Gasteiger partial charge in [0, 0.05) is 25.3 Å². The molecule has 2 heterocycles. The molecule has 0 aliphatic carbocycles. The summed E-state index contributed by atoms with van der Waals surface area (Å²) in [6.07, 6.45) is 8.07. The molecule has 1 aromatic rings. The maximum Gasteiger partial charge on any atom is 0.0536 e. The van der Waals surface area contributed by atoms with E-state index in [4.69, 9.17) is 0 Å². The van der Waals surface area contributed by atoms with E-state index in [2.05, 4.69) is 35.5 Å². The van der Waals surface area contributed by atoms with E-state index in [-0.39, 0.29) is 0 Å². The van der Waals surface area contributed by atoms with Gasteiger partial charge in [-0.25, -0.2) is 0 Å². The smallest absolute Gasteiger partial charge is 0.0536 e. The predicted octanol–water partition coefficient (Wildman–Crippen LogP) is 1.27. The fourth-order valence-electron chi connectivity index (χ4n) is 2.41. The second-order valence-electron chi connectivity index (χ2n) is 5.19. The average molecular weight is 236 g/mol. The molecule has 0 amide bonds. The third kappa shape index (κ3) is 4.13. The molecule has 0 bridgehead atoms. The van der Waals surface area contributed by atoms with E-state index >= 15 is 0 Å². The molecule has 1 aliphatic heterocycles. The molecule has 96 valence electrons. The molecule has 0 radical (unpaired) electrons. The van der Waals surface area contributed by atoms with Crippen LogP contribution in [-0.2, 0) is 6.54 Å². The van der Waals surface area contributed by atoms with Crippen molar-refractivity contribution in [2.45, 2.75) is 38.8 Å². The first-order valence-corrected chi connectivity index (χ1v) is 6.65. The molecule has 0 spiro atoms. The molecule has 1 aromatic heterocycles. The van der Waals surface area contributed by atoms with Gasteiger partial charge >= 0.3 is 0 Å². The lowest BCUT2D eigenvalue weighted by Crippen LogP contribution is -2.43. The minimum absolute atomic E-state index is 0.688. The number of aromatic nitrogens is 2. The number of aryl methyl sites for hydroxylation is 1. The maximum absolute atomic E-state index is 4.31. The van der Waals surface area contributed by atoms with Crippen molar-refractivity contribution in [1.82, 2.24) is 20.0 Å². The van der Waals surface area contributed by atoms with Gasteiger partial charge in [0.15, 0.2) is 0 Å². The Labute approximate surface area is 104 Å². The summed E-state index contributed by atoms with van der Waals surface area (Å²) in [7, 11) is 2.20. The first-order chi connectivity index (χ1) is 8.24. The van der Waals surface area contributed by atoms with Crippen molar-refractivity contribution in [3.8, 4) is 0 Å². The van der Waals surface area contributed by atoms with E-state index in [0.29, 0.717) is 6.04 Å². The minimum Gasteiger partial charge on any atom is -0.313 e. The van der Waals surface area contributed by atoms with E-state index in [1.165, 1.54) is 31.4 Å². The van der Waals surface area contributed by atoms with Crippen molar-refractivity contribution in [2.75, 3.05) is 26.7 Å². The van der Waals surface area contributed by atoms with Crippen molar-refractivity contribution in [1.29, 1.82) is 0 Å². The number of piperidine rings is 1. The number of rotatable bonds is 5. The lowest BCUT2D eigenvalue weighted by Gasteiger charge is -2.28. The van der Waals surface area contributed by atoms with Gasteiger partial charge in [-0.2, -0.15) is 5.10 Å². The number of hydrogen-bond donors (Lipinski definition) is 1. The highest BCUT2D eigenvalue weighted by Crippen LogP contribution is 2.07. The Kier molecular flexibility index (Phi) is 4.57. The van der Waals surface area contributed by atoms with Gasteiger partial charge in [0.1, 0.15) is 0 Å². The zero-order valence-corrected chi connectivity index (χ0v) is 11.0. The van der Waals surface area contributed by atoms with Crippen LogP contribution in [0, 0.1) is 6.92 Å². The number of nitrogens with zero attached hydrogens (tertiary/aromatic N) is 3. The van der Waals surface area contributed by atoms with Crippen LogP contribution < -0.4 is 5.32 Å². The van der Waals surface area contributed by atoms with E-state index in [0.717, 1.165) is 19.6 Å². The van der Waals surface area contributed by atoms with Crippen LogP contribution in [0.1, 0.15) is 24.8 Å². The molecule has 0 aromatic carbocycles. The Morgan fingerprint density at radius 3 is 3.06 bits per heavy atom. The quantitative estimate of drug-likeness (QED) is 0.835. The van der Waals surface area contributed by atoms with Crippen LogP contribution in [0.25, 0.3) is 0 Å². The molecule has 1 unspecified atom stereocenters. The molecule has 1 N–H and O–H groups in total. The first-order valence-electron chi connectivity index (χ1n) is 6.65. The van der Waals surface area contributed by atoms with E-state index < -0.39 is 0 Å². The molecule has 1 fully saturated rings. The Bertz CT molecular complexity index is 328. The van der Waals surface area contributed by atoms with Gasteiger partial charge in [0.25, 0.3) is 0 Å². The van der Waals surface area contributed by atoms with Crippen molar-refractivity contribution < 1.29 is 0 Å². The SMILES string of the molecule is Cc1cnn(CCN(C)CC2CCCCN2)c1. The summed E-state index contributed by atoms with van der Waals surface area (Å²) in [6.45, 7) is 6.48. The summed E-state index contributed by atoms with van der Waals surface area (Å²) in [5.74, 6) is 0. The third-order valence-corrected chi connectivity index (χ3v) is 3.42. The lowest BCUT2D eigenvalue weighted by atomic mass is 10.0. The third-order valence-electron chi connectivity index (χ3n) is 3.42. The van der Waals surface area contributed by atoms with Crippen LogP contribution in [0.2, 0.25) is 0 Å². The van der Waals surface area contributed by atoms with Gasteiger partial charge in [-0.05, 0) is 38.9 Å². The lowest BCUT2D eigenvalue weighted by molar-refractivity contribution is 0.252. The van der Waals surface area contributed by atoms with Gasteiger partial charge in [-0.15, -0.1) is 0 Å². The summed E-state index contributed by atoms with van der Waals surface area (Å²) in [5.41, 5.74) is 1.24. The first kappa shape index (κ1) is 12.6. The van der Waals surface area contributed by atoms with Crippen molar-refractivity contribution in [2.24, 2.45) is 0 Å².